The van der Waals surface area contributed by atoms with E-state index < -0.39 is 11.8 Å². The van der Waals surface area contributed by atoms with Crippen molar-refractivity contribution in [1.82, 2.24) is 35.5 Å². The molecule has 0 atom stereocenters. The number of hydrogen-bond donors (Lipinski definition) is 3. The number of aromatic amines is 1. The summed E-state index contributed by atoms with van der Waals surface area (Å²) in [7, 11) is 0. The molecule has 0 fully saturated rings. The third-order valence-corrected chi connectivity index (χ3v) is 5.95. The first-order valence-electron chi connectivity index (χ1n) is 11.0. The van der Waals surface area contributed by atoms with Crippen LogP contribution in [0.4, 0.5) is 5.82 Å². The van der Waals surface area contributed by atoms with Crippen LogP contribution in [0.1, 0.15) is 26.5 Å². The van der Waals surface area contributed by atoms with E-state index in [0.717, 1.165) is 0 Å². The average molecular weight is 533 g/mol. The van der Waals surface area contributed by atoms with E-state index in [1.54, 1.807) is 36.5 Å². The van der Waals surface area contributed by atoms with E-state index in [2.05, 4.69) is 36.1 Å². The fraction of sp³-hybridized carbons (Fsp3) is 0.0400. The Bertz CT molecular complexity index is 1550. The summed E-state index contributed by atoms with van der Waals surface area (Å²) < 4.78 is 1.46. The molecule has 0 spiro atoms. The molecule has 0 aliphatic carbocycles. The lowest BCUT2D eigenvalue weighted by Gasteiger charge is -2.12. The topological polar surface area (TPSA) is 130 Å². The fourth-order valence-electron chi connectivity index (χ4n) is 3.54. The lowest BCUT2D eigenvalue weighted by Crippen LogP contribution is -2.23. The molecule has 10 nitrogen and oxygen atoms in total. The molecule has 0 aliphatic heterocycles. The van der Waals surface area contributed by atoms with Crippen LogP contribution in [0.3, 0.4) is 0 Å². The summed E-state index contributed by atoms with van der Waals surface area (Å²) in [4.78, 5) is 30.4. The highest BCUT2D eigenvalue weighted by molar-refractivity contribution is 6.38. The number of hydrogen-bond acceptors (Lipinski definition) is 6. The lowest BCUT2D eigenvalue weighted by molar-refractivity contribution is 0.0944. The van der Waals surface area contributed by atoms with E-state index in [1.807, 2.05) is 24.3 Å². The minimum atomic E-state index is -0.509. The molecule has 3 heterocycles. The van der Waals surface area contributed by atoms with Crippen LogP contribution in [0.25, 0.3) is 16.9 Å². The van der Waals surface area contributed by atoms with Crippen molar-refractivity contribution in [2.45, 2.75) is 6.54 Å². The molecule has 2 aromatic carbocycles. The van der Waals surface area contributed by atoms with Gasteiger partial charge in [0.2, 0.25) is 0 Å². The largest absolute Gasteiger partial charge is 0.345 e. The SMILES string of the molecule is O=C(NCc1cn[nH]n1)c1cc(NC(=O)c2cc(-c3ccccn3)c(Cl)cc2Cl)n(-c2ccccc2)n1. The number of amides is 2. The quantitative estimate of drug-likeness (QED) is 0.282. The Morgan fingerprint density at radius 1 is 0.946 bits per heavy atom. The van der Waals surface area contributed by atoms with Gasteiger partial charge in [-0.2, -0.15) is 20.5 Å². The van der Waals surface area contributed by atoms with Crippen molar-refractivity contribution in [1.29, 1.82) is 0 Å². The molecule has 5 aromatic rings. The monoisotopic (exact) mass is 532 g/mol. The third-order valence-electron chi connectivity index (χ3n) is 5.32. The van der Waals surface area contributed by atoms with E-state index in [4.69, 9.17) is 23.2 Å². The van der Waals surface area contributed by atoms with Crippen molar-refractivity contribution < 1.29 is 9.59 Å². The molecule has 0 saturated heterocycles. The van der Waals surface area contributed by atoms with Crippen molar-refractivity contribution in [3.63, 3.8) is 0 Å². The summed E-state index contributed by atoms with van der Waals surface area (Å²) >= 11 is 12.8. The summed E-state index contributed by atoms with van der Waals surface area (Å²) in [5.41, 5.74) is 2.64. The van der Waals surface area contributed by atoms with E-state index in [9.17, 15) is 9.59 Å². The smallest absolute Gasteiger partial charge is 0.272 e. The number of nitrogens with zero attached hydrogens (tertiary/aromatic N) is 5. The van der Waals surface area contributed by atoms with Crippen LogP contribution >= 0.6 is 23.2 Å². The van der Waals surface area contributed by atoms with Gasteiger partial charge in [-0.1, -0.05) is 47.5 Å². The molecule has 2 amide bonds. The molecular formula is C25H18Cl2N8O2. The molecule has 0 unspecified atom stereocenters. The lowest BCUT2D eigenvalue weighted by atomic mass is 10.1. The van der Waals surface area contributed by atoms with Gasteiger partial charge in [-0.05, 0) is 36.4 Å². The van der Waals surface area contributed by atoms with Crippen LogP contribution in [-0.4, -0.2) is 42.0 Å². The van der Waals surface area contributed by atoms with Gasteiger partial charge in [-0.15, -0.1) is 0 Å². The fourth-order valence-corrected chi connectivity index (χ4v) is 4.11. The number of rotatable bonds is 7. The second kappa shape index (κ2) is 10.6. The average Bonchev–Trinajstić information content (AvgIpc) is 3.59. The van der Waals surface area contributed by atoms with Gasteiger partial charge in [-0.25, -0.2) is 4.68 Å². The summed E-state index contributed by atoms with van der Waals surface area (Å²) in [6, 6.07) is 19.0. The van der Waals surface area contributed by atoms with Gasteiger partial charge in [0.25, 0.3) is 11.8 Å². The highest BCUT2D eigenvalue weighted by Gasteiger charge is 2.21. The molecule has 184 valence electrons. The Balaban J connectivity index is 1.46. The van der Waals surface area contributed by atoms with Gasteiger partial charge in [0.1, 0.15) is 11.5 Å². The Labute approximate surface area is 220 Å². The van der Waals surface area contributed by atoms with Gasteiger partial charge >= 0.3 is 0 Å². The number of para-hydroxylation sites is 1. The maximum absolute atomic E-state index is 13.4. The first-order valence-corrected chi connectivity index (χ1v) is 11.8. The number of benzene rings is 2. The molecule has 12 heteroatoms. The summed E-state index contributed by atoms with van der Waals surface area (Å²) in [5.74, 6) is -0.686. The number of H-pyrrole nitrogens is 1. The molecule has 5 rings (SSSR count). The first-order chi connectivity index (χ1) is 18.0. The number of pyridine rings is 1. The molecule has 0 aliphatic rings. The molecule has 0 bridgehead atoms. The highest BCUT2D eigenvalue weighted by Crippen LogP contribution is 2.32. The van der Waals surface area contributed by atoms with E-state index in [1.165, 1.54) is 23.0 Å². The molecule has 3 aromatic heterocycles. The van der Waals surface area contributed by atoms with Crippen LogP contribution in [0.5, 0.6) is 0 Å². The van der Waals surface area contributed by atoms with Gasteiger partial charge in [0.15, 0.2) is 5.69 Å². The molecule has 3 N–H and O–H groups in total. The summed E-state index contributed by atoms with van der Waals surface area (Å²) in [6.07, 6.45) is 3.14. The number of anilines is 1. The van der Waals surface area contributed by atoms with Crippen molar-refractivity contribution in [2.75, 3.05) is 5.32 Å². The normalized spacial score (nSPS) is 10.8. The maximum atomic E-state index is 13.4. The van der Waals surface area contributed by atoms with Crippen LogP contribution in [0.2, 0.25) is 10.0 Å². The standard InChI is InChI=1S/C25H18Cl2N8O2/c26-19-11-20(27)18(10-17(19)21-8-4-5-9-28-21)24(36)31-23-12-22(25(37)29-13-15-14-30-34-32-15)33-35(23)16-6-2-1-3-7-16/h1-12,14H,13H2,(H,29,37)(H,31,36)(H,30,32,34). The zero-order chi connectivity index (χ0) is 25.8. The Hall–Kier alpha value is -4.54. The van der Waals surface area contributed by atoms with Crippen molar-refractivity contribution >= 4 is 40.8 Å². The van der Waals surface area contributed by atoms with Crippen LogP contribution in [0, 0.1) is 0 Å². The zero-order valence-corrected chi connectivity index (χ0v) is 20.5. The zero-order valence-electron chi connectivity index (χ0n) is 19.0. The number of nitrogens with one attached hydrogen (secondary N) is 3. The Morgan fingerprint density at radius 3 is 2.49 bits per heavy atom. The Morgan fingerprint density at radius 2 is 1.76 bits per heavy atom. The highest BCUT2D eigenvalue weighted by atomic mass is 35.5. The maximum Gasteiger partial charge on any atom is 0.272 e. The van der Waals surface area contributed by atoms with Gasteiger partial charge in [-0.3, -0.25) is 14.6 Å². The predicted octanol–water partition coefficient (Wildman–Crippen LogP) is 4.54. The van der Waals surface area contributed by atoms with Crippen molar-refractivity contribution in [3.8, 4) is 16.9 Å². The summed E-state index contributed by atoms with van der Waals surface area (Å²) in [5, 5.41) is 20.6. The minimum absolute atomic E-state index is 0.0963. The van der Waals surface area contributed by atoms with Crippen LogP contribution < -0.4 is 10.6 Å². The second-order valence-corrected chi connectivity index (χ2v) is 8.60. The van der Waals surface area contributed by atoms with E-state index in [-0.39, 0.29) is 28.6 Å². The van der Waals surface area contributed by atoms with Gasteiger partial charge in [0.05, 0.1) is 39.7 Å². The minimum Gasteiger partial charge on any atom is -0.345 e. The van der Waals surface area contributed by atoms with Crippen LogP contribution in [-0.2, 0) is 6.54 Å². The molecular weight excluding hydrogens is 515 g/mol. The van der Waals surface area contributed by atoms with Crippen molar-refractivity contribution in [2.24, 2.45) is 0 Å². The molecule has 37 heavy (non-hydrogen) atoms. The summed E-state index contributed by atoms with van der Waals surface area (Å²) in [6.45, 7) is 0.159. The number of carbonyl (C=O) groups is 2. The third kappa shape index (κ3) is 5.35. The van der Waals surface area contributed by atoms with Crippen molar-refractivity contribution in [3.05, 3.63) is 106 Å². The van der Waals surface area contributed by atoms with E-state index in [0.29, 0.717) is 27.7 Å². The molecule has 0 saturated carbocycles. The van der Waals surface area contributed by atoms with Gasteiger partial charge < -0.3 is 10.6 Å². The number of carbonyl (C=O) groups excluding carboxylic acids is 2. The number of aromatic nitrogens is 6. The Kier molecular flexibility index (Phi) is 6.93. The van der Waals surface area contributed by atoms with E-state index >= 15 is 0 Å². The number of halogens is 2. The predicted molar refractivity (Wildman–Crippen MR) is 139 cm³/mol. The van der Waals surface area contributed by atoms with Crippen LogP contribution in [0.15, 0.2) is 79.1 Å². The first kappa shape index (κ1) is 24.2. The second-order valence-electron chi connectivity index (χ2n) is 7.79. The molecule has 0 radical (unpaired) electrons. The van der Waals surface area contributed by atoms with Gasteiger partial charge in [0, 0.05) is 17.8 Å².